The molecule has 1 N–H and O–H groups in total. The molecule has 1 unspecified atom stereocenters. The van der Waals surface area contributed by atoms with E-state index < -0.39 is 17.9 Å². The van der Waals surface area contributed by atoms with E-state index in [4.69, 9.17) is 9.47 Å². The number of rotatable bonds is 7. The van der Waals surface area contributed by atoms with Crippen LogP contribution in [0.4, 0.5) is 5.69 Å². The Morgan fingerprint density at radius 1 is 0.947 bits per heavy atom. The highest BCUT2D eigenvalue weighted by atomic mass is 16.7. The number of nitrogens with zero attached hydrogens (tertiary/aromatic N) is 3. The van der Waals surface area contributed by atoms with E-state index in [0.29, 0.717) is 29.8 Å². The number of benzene rings is 3. The number of phenols is 1. The van der Waals surface area contributed by atoms with E-state index in [-0.39, 0.29) is 29.2 Å². The van der Waals surface area contributed by atoms with Crippen molar-refractivity contribution in [2.45, 2.75) is 19.0 Å². The van der Waals surface area contributed by atoms with Gasteiger partial charge in [-0.15, -0.1) is 0 Å². The maximum absolute atomic E-state index is 14.2. The second kappa shape index (κ2) is 9.55. The topological polar surface area (TPSA) is 92.2 Å². The molecule has 0 radical (unpaired) electrons. The van der Waals surface area contributed by atoms with Gasteiger partial charge in [-0.3, -0.25) is 19.5 Å². The van der Waals surface area contributed by atoms with E-state index >= 15 is 0 Å². The van der Waals surface area contributed by atoms with Crippen molar-refractivity contribution in [3.8, 4) is 5.75 Å². The average Bonchev–Trinajstić information content (AvgIpc) is 3.56. The van der Waals surface area contributed by atoms with Gasteiger partial charge in [-0.1, -0.05) is 60.7 Å². The zero-order chi connectivity index (χ0) is 26.2. The molecule has 4 aromatic rings. The van der Waals surface area contributed by atoms with Crippen LogP contribution in [0, 0.1) is 0 Å². The molecular weight excluding hydrogens is 482 g/mol. The van der Waals surface area contributed by atoms with E-state index in [1.54, 1.807) is 18.3 Å². The summed E-state index contributed by atoms with van der Waals surface area (Å²) in [7, 11) is 1.87. The van der Waals surface area contributed by atoms with Crippen LogP contribution in [0.1, 0.15) is 31.8 Å². The lowest BCUT2D eigenvalue weighted by Crippen LogP contribution is -2.42. The van der Waals surface area contributed by atoms with Gasteiger partial charge in [0.15, 0.2) is 11.5 Å². The minimum atomic E-state index is -0.755. The van der Waals surface area contributed by atoms with Gasteiger partial charge in [-0.25, -0.2) is 0 Å². The summed E-state index contributed by atoms with van der Waals surface area (Å²) in [6.07, 6.45) is 3.33. The van der Waals surface area contributed by atoms with Crippen LogP contribution in [0.15, 0.2) is 91.0 Å². The molecule has 3 heterocycles. The number of ether oxygens (including phenoxy) is 2. The van der Waals surface area contributed by atoms with E-state index in [1.165, 1.54) is 11.2 Å². The summed E-state index contributed by atoms with van der Waals surface area (Å²) in [5, 5.41) is 11.8. The van der Waals surface area contributed by atoms with Crippen LogP contribution >= 0.6 is 0 Å². The summed E-state index contributed by atoms with van der Waals surface area (Å²) in [4.78, 5) is 35.6. The van der Waals surface area contributed by atoms with Crippen molar-refractivity contribution in [3.05, 3.63) is 113 Å². The summed E-state index contributed by atoms with van der Waals surface area (Å²) in [5.74, 6) is -1.02. The highest BCUT2D eigenvalue weighted by molar-refractivity contribution is 6.29. The summed E-state index contributed by atoms with van der Waals surface area (Å²) in [6.45, 7) is 0.493. The quantitative estimate of drug-likeness (QED) is 0.365. The summed E-state index contributed by atoms with van der Waals surface area (Å²) in [5.41, 5.74) is 2.87. The lowest BCUT2D eigenvalue weighted by molar-refractivity contribution is 0.0451. The molecular formula is C30H25N3O5. The van der Waals surface area contributed by atoms with Crippen LogP contribution in [0.3, 0.4) is 0 Å². The SMILES string of the molecule is CN(Cc1ccccc1)c1c2c(c(O)c3ncccc13)C(=O)N(C(Cc1ccccc1)C1=COCO1)C2=O. The van der Waals surface area contributed by atoms with Crippen molar-refractivity contribution in [2.24, 2.45) is 0 Å². The van der Waals surface area contributed by atoms with Crippen molar-refractivity contribution in [1.82, 2.24) is 9.88 Å². The number of carbonyl (C=O) groups excluding carboxylic acids is 2. The first-order valence-electron chi connectivity index (χ1n) is 12.3. The van der Waals surface area contributed by atoms with Crippen LogP contribution in [0.25, 0.3) is 10.9 Å². The Balaban J connectivity index is 1.50. The number of imide groups is 1. The van der Waals surface area contributed by atoms with Gasteiger partial charge in [0.2, 0.25) is 6.79 Å². The normalized spacial score (nSPS) is 15.2. The van der Waals surface area contributed by atoms with Gasteiger partial charge in [0.25, 0.3) is 11.8 Å². The Kier molecular flexibility index (Phi) is 5.92. The summed E-state index contributed by atoms with van der Waals surface area (Å²) in [6, 6.07) is 22.2. The molecule has 2 aliphatic heterocycles. The monoisotopic (exact) mass is 507 g/mol. The van der Waals surface area contributed by atoms with Gasteiger partial charge < -0.3 is 19.5 Å². The highest BCUT2D eigenvalue weighted by Gasteiger charge is 2.47. The van der Waals surface area contributed by atoms with Crippen molar-refractivity contribution in [3.63, 3.8) is 0 Å². The van der Waals surface area contributed by atoms with Crippen molar-refractivity contribution in [1.29, 1.82) is 0 Å². The third-order valence-corrected chi connectivity index (χ3v) is 6.93. The lowest BCUT2D eigenvalue weighted by Gasteiger charge is -2.27. The minimum absolute atomic E-state index is 0.00785. The lowest BCUT2D eigenvalue weighted by atomic mass is 9.99. The van der Waals surface area contributed by atoms with E-state index in [1.807, 2.05) is 72.6 Å². The van der Waals surface area contributed by atoms with Crippen LogP contribution < -0.4 is 4.90 Å². The van der Waals surface area contributed by atoms with Crippen molar-refractivity contribution < 1.29 is 24.2 Å². The van der Waals surface area contributed by atoms with E-state index in [2.05, 4.69) is 4.98 Å². The maximum Gasteiger partial charge on any atom is 0.266 e. The highest BCUT2D eigenvalue weighted by Crippen LogP contribution is 2.45. The molecule has 1 atom stereocenters. The molecule has 8 nitrogen and oxygen atoms in total. The molecule has 6 rings (SSSR count). The summed E-state index contributed by atoms with van der Waals surface area (Å²) < 4.78 is 11.0. The fraction of sp³-hybridized carbons (Fsp3) is 0.167. The predicted octanol–water partition coefficient (Wildman–Crippen LogP) is 4.63. The Bertz CT molecular complexity index is 1570. The van der Waals surface area contributed by atoms with Crippen LogP contribution in [0.2, 0.25) is 0 Å². The van der Waals surface area contributed by atoms with E-state index in [9.17, 15) is 14.7 Å². The third-order valence-electron chi connectivity index (χ3n) is 6.93. The number of phenolic OH excluding ortho intramolecular Hbond substituents is 1. The zero-order valence-electron chi connectivity index (χ0n) is 20.7. The molecule has 0 fully saturated rings. The molecule has 0 bridgehead atoms. The number of carbonyl (C=O) groups is 2. The molecule has 190 valence electrons. The first-order chi connectivity index (χ1) is 18.5. The first-order valence-corrected chi connectivity index (χ1v) is 12.3. The molecule has 1 aromatic heterocycles. The molecule has 38 heavy (non-hydrogen) atoms. The molecule has 2 amide bonds. The maximum atomic E-state index is 14.2. The standard InChI is InChI=1S/C30H25N3O5/c1-32(16-20-11-6-3-7-12-20)27-21-13-8-14-31-26(21)28(34)25-24(27)29(35)33(30(25)36)22(23-17-37-18-38-23)15-19-9-4-2-5-10-19/h2-14,17,22,34H,15-16,18H2,1H3. The van der Waals surface area contributed by atoms with Crippen molar-refractivity contribution >= 4 is 28.4 Å². The van der Waals surface area contributed by atoms with Gasteiger partial charge >= 0.3 is 0 Å². The predicted molar refractivity (Wildman–Crippen MR) is 142 cm³/mol. The Morgan fingerprint density at radius 2 is 1.63 bits per heavy atom. The third kappa shape index (κ3) is 3.91. The second-order valence-electron chi connectivity index (χ2n) is 9.32. The van der Waals surface area contributed by atoms with Crippen LogP contribution in [0.5, 0.6) is 5.75 Å². The number of hydrogen-bond acceptors (Lipinski definition) is 7. The fourth-order valence-electron chi connectivity index (χ4n) is 5.22. The van der Waals surface area contributed by atoms with Gasteiger partial charge in [0.05, 0.1) is 16.8 Å². The van der Waals surface area contributed by atoms with Crippen LogP contribution in [-0.2, 0) is 22.4 Å². The van der Waals surface area contributed by atoms with Crippen molar-refractivity contribution in [2.75, 3.05) is 18.7 Å². The first kappa shape index (κ1) is 23.5. The number of aromatic hydroxyl groups is 1. The number of aromatic nitrogens is 1. The largest absolute Gasteiger partial charge is 0.505 e. The fourth-order valence-corrected chi connectivity index (χ4v) is 5.22. The molecule has 2 aliphatic rings. The Morgan fingerprint density at radius 3 is 2.32 bits per heavy atom. The van der Waals surface area contributed by atoms with Gasteiger partial charge in [0, 0.05) is 31.6 Å². The van der Waals surface area contributed by atoms with Gasteiger partial charge in [0.1, 0.15) is 17.8 Å². The Labute approximate surface area is 219 Å². The molecule has 0 spiro atoms. The van der Waals surface area contributed by atoms with Gasteiger partial charge in [-0.05, 0) is 23.3 Å². The average molecular weight is 508 g/mol. The number of amides is 2. The number of hydrogen-bond donors (Lipinski definition) is 1. The number of pyridine rings is 1. The van der Waals surface area contributed by atoms with E-state index in [0.717, 1.165) is 11.1 Å². The number of fused-ring (bicyclic) bond motifs is 2. The molecule has 0 saturated carbocycles. The number of anilines is 1. The molecule has 0 saturated heterocycles. The molecule has 3 aromatic carbocycles. The molecule has 0 aliphatic carbocycles. The second-order valence-corrected chi connectivity index (χ2v) is 9.32. The smallest absolute Gasteiger partial charge is 0.266 e. The zero-order valence-corrected chi connectivity index (χ0v) is 20.7. The minimum Gasteiger partial charge on any atom is -0.505 e. The summed E-state index contributed by atoms with van der Waals surface area (Å²) >= 11 is 0. The Hall–Kier alpha value is -4.85. The molecule has 8 heteroatoms. The van der Waals surface area contributed by atoms with Crippen LogP contribution in [-0.4, -0.2) is 46.7 Å². The van der Waals surface area contributed by atoms with Gasteiger partial charge in [-0.2, -0.15) is 0 Å².